The molecule has 1 aromatic heterocycles. The fourth-order valence-corrected chi connectivity index (χ4v) is 3.88. The van der Waals surface area contributed by atoms with E-state index in [9.17, 15) is 9.90 Å². The molecule has 0 radical (unpaired) electrons. The Morgan fingerprint density at radius 3 is 2.00 bits per heavy atom. The number of nitrogens with zero attached hydrogens (tertiary/aromatic N) is 2. The first kappa shape index (κ1) is 25.6. The van der Waals surface area contributed by atoms with Crippen LogP contribution in [0.5, 0.6) is 11.5 Å². The van der Waals surface area contributed by atoms with Gasteiger partial charge in [-0.15, -0.1) is 0 Å². The molecule has 5 nitrogen and oxygen atoms in total. The summed E-state index contributed by atoms with van der Waals surface area (Å²) in [6.07, 6.45) is 7.44. The van der Waals surface area contributed by atoms with Crippen molar-refractivity contribution in [3.63, 3.8) is 0 Å². The van der Waals surface area contributed by atoms with E-state index in [-0.39, 0.29) is 11.5 Å². The molecule has 2 fully saturated rings. The summed E-state index contributed by atoms with van der Waals surface area (Å²) in [5.74, 6) is 2.88. The number of phenols is 1. The van der Waals surface area contributed by atoms with Crippen molar-refractivity contribution in [3.05, 3.63) is 54.4 Å². The van der Waals surface area contributed by atoms with Crippen molar-refractivity contribution in [2.45, 2.75) is 47.0 Å². The van der Waals surface area contributed by atoms with Gasteiger partial charge in [0.2, 0.25) is 0 Å². The van der Waals surface area contributed by atoms with E-state index in [1.165, 1.54) is 19.3 Å². The van der Waals surface area contributed by atoms with Crippen LogP contribution in [0.3, 0.4) is 0 Å². The standard InChI is InChI=1S/C15H19NO2.C6H7NO.2C2H6/c17-14-6-4-11(5-7-14)15(18)10-16-8-12-2-1-3-13(12)9-16;1-8-6-2-4-7-5-3-6;2*1-2/h4-7,12-13,17H,1-3,8-10H2;2-5H,1H3;2*1-2H3. The number of carbonyl (C=O) groups excluding carboxylic acids is 1. The lowest BCUT2D eigenvalue weighted by Crippen LogP contribution is -2.28. The van der Waals surface area contributed by atoms with Crippen molar-refractivity contribution < 1.29 is 14.6 Å². The van der Waals surface area contributed by atoms with Gasteiger partial charge in [-0.3, -0.25) is 14.7 Å². The summed E-state index contributed by atoms with van der Waals surface area (Å²) < 4.78 is 4.87. The van der Waals surface area contributed by atoms with E-state index in [0.29, 0.717) is 12.1 Å². The highest BCUT2D eigenvalue weighted by atomic mass is 16.5. The number of ether oxygens (including phenoxy) is 1. The predicted octanol–water partition coefficient (Wildman–Crippen LogP) is 5.45. The largest absolute Gasteiger partial charge is 0.508 e. The third kappa shape index (κ3) is 8.15. The van der Waals surface area contributed by atoms with E-state index in [1.807, 2.05) is 27.7 Å². The first-order valence-electron chi connectivity index (χ1n) is 11.1. The Morgan fingerprint density at radius 1 is 1.00 bits per heavy atom. The van der Waals surface area contributed by atoms with Crippen LogP contribution in [0.4, 0.5) is 0 Å². The molecule has 166 valence electrons. The zero-order chi connectivity index (χ0) is 22.4. The minimum Gasteiger partial charge on any atom is -0.508 e. The Balaban J connectivity index is 0.000000315. The van der Waals surface area contributed by atoms with Gasteiger partial charge in [0.15, 0.2) is 5.78 Å². The molecule has 1 N–H and O–H groups in total. The molecule has 2 aromatic rings. The number of phenolic OH excluding ortho intramolecular Hbond substituents is 1. The molecule has 1 aliphatic heterocycles. The van der Waals surface area contributed by atoms with E-state index in [4.69, 9.17) is 4.74 Å². The number of aromatic hydroxyl groups is 1. The number of carbonyl (C=O) groups is 1. The van der Waals surface area contributed by atoms with E-state index in [0.717, 1.165) is 30.7 Å². The van der Waals surface area contributed by atoms with Gasteiger partial charge in [0, 0.05) is 31.0 Å². The van der Waals surface area contributed by atoms with Crippen molar-refractivity contribution >= 4 is 5.78 Å². The molecule has 2 heterocycles. The zero-order valence-electron chi connectivity index (χ0n) is 19.2. The molecule has 5 heteroatoms. The van der Waals surface area contributed by atoms with Gasteiger partial charge in [-0.05, 0) is 61.1 Å². The summed E-state index contributed by atoms with van der Waals surface area (Å²) in [6.45, 7) is 10.7. The number of benzene rings is 1. The van der Waals surface area contributed by atoms with Gasteiger partial charge in [-0.1, -0.05) is 34.1 Å². The molecule has 1 aliphatic carbocycles. The van der Waals surface area contributed by atoms with Gasteiger partial charge in [0.1, 0.15) is 11.5 Å². The molecule has 0 spiro atoms. The summed E-state index contributed by atoms with van der Waals surface area (Å²) >= 11 is 0. The second-order valence-corrected chi connectivity index (χ2v) is 7.00. The Bertz CT molecular complexity index is 692. The molecule has 1 saturated heterocycles. The fourth-order valence-electron chi connectivity index (χ4n) is 3.88. The van der Waals surface area contributed by atoms with Crippen LogP contribution in [0.25, 0.3) is 0 Å². The number of rotatable bonds is 4. The van der Waals surface area contributed by atoms with Gasteiger partial charge in [-0.25, -0.2) is 0 Å². The molecule has 2 atom stereocenters. The highest BCUT2D eigenvalue weighted by molar-refractivity contribution is 5.97. The van der Waals surface area contributed by atoms with Crippen molar-refractivity contribution in [2.75, 3.05) is 26.7 Å². The number of aromatic nitrogens is 1. The second-order valence-electron chi connectivity index (χ2n) is 7.00. The Labute approximate surface area is 182 Å². The zero-order valence-corrected chi connectivity index (χ0v) is 19.2. The molecular weight excluding hydrogens is 376 g/mol. The van der Waals surface area contributed by atoms with E-state index in [2.05, 4.69) is 9.88 Å². The molecule has 4 rings (SSSR count). The summed E-state index contributed by atoms with van der Waals surface area (Å²) in [5, 5.41) is 9.21. The predicted molar refractivity (Wildman–Crippen MR) is 123 cm³/mol. The van der Waals surface area contributed by atoms with Crippen LogP contribution >= 0.6 is 0 Å². The SMILES string of the molecule is CC.CC.COc1ccncc1.O=C(CN1CC2CCCC2C1)c1ccc(O)cc1. The summed E-state index contributed by atoms with van der Waals surface area (Å²) in [7, 11) is 1.63. The lowest BCUT2D eigenvalue weighted by Gasteiger charge is -2.15. The number of likely N-dealkylation sites (tertiary alicyclic amines) is 1. The molecule has 30 heavy (non-hydrogen) atoms. The van der Waals surface area contributed by atoms with E-state index >= 15 is 0 Å². The molecule has 0 amide bonds. The van der Waals surface area contributed by atoms with Gasteiger partial charge >= 0.3 is 0 Å². The smallest absolute Gasteiger partial charge is 0.176 e. The minimum atomic E-state index is 0.162. The number of hydrogen-bond acceptors (Lipinski definition) is 5. The third-order valence-electron chi connectivity index (χ3n) is 5.24. The van der Waals surface area contributed by atoms with Crippen LogP contribution < -0.4 is 4.74 Å². The molecule has 0 bridgehead atoms. The fraction of sp³-hybridized carbons (Fsp3) is 0.520. The maximum atomic E-state index is 12.1. The Kier molecular flexibility index (Phi) is 12.4. The maximum absolute atomic E-state index is 12.1. The summed E-state index contributed by atoms with van der Waals surface area (Å²) in [5.41, 5.74) is 0.699. The number of methoxy groups -OCH3 is 1. The lowest BCUT2D eigenvalue weighted by molar-refractivity contribution is 0.0941. The normalized spacial score (nSPS) is 19.1. The second kappa shape index (κ2) is 14.6. The van der Waals surface area contributed by atoms with Gasteiger partial charge in [0.05, 0.1) is 13.7 Å². The van der Waals surface area contributed by atoms with Crippen molar-refractivity contribution in [2.24, 2.45) is 11.8 Å². The van der Waals surface area contributed by atoms with E-state index in [1.54, 1.807) is 55.9 Å². The molecule has 1 saturated carbocycles. The van der Waals surface area contributed by atoms with Crippen LogP contribution in [0.2, 0.25) is 0 Å². The van der Waals surface area contributed by atoms with Crippen LogP contribution in [-0.4, -0.2) is 47.5 Å². The highest BCUT2D eigenvalue weighted by Crippen LogP contribution is 2.37. The average Bonchev–Trinajstić information content (AvgIpc) is 3.40. The first-order chi connectivity index (χ1) is 14.7. The average molecular weight is 415 g/mol. The summed E-state index contributed by atoms with van der Waals surface area (Å²) in [4.78, 5) is 18.2. The monoisotopic (exact) mass is 414 g/mol. The van der Waals surface area contributed by atoms with Crippen molar-refractivity contribution in [1.29, 1.82) is 0 Å². The highest BCUT2D eigenvalue weighted by Gasteiger charge is 2.36. The van der Waals surface area contributed by atoms with Crippen LogP contribution in [0.15, 0.2) is 48.8 Å². The molecular formula is C25H38N2O3. The number of fused-ring (bicyclic) bond motifs is 1. The number of pyridine rings is 1. The Hall–Kier alpha value is -2.40. The maximum Gasteiger partial charge on any atom is 0.176 e. The minimum absolute atomic E-state index is 0.162. The quantitative estimate of drug-likeness (QED) is 0.674. The molecule has 2 aliphatic rings. The molecule has 2 unspecified atom stereocenters. The summed E-state index contributed by atoms with van der Waals surface area (Å²) in [6, 6.07) is 10.2. The van der Waals surface area contributed by atoms with Gasteiger partial charge in [0.25, 0.3) is 0 Å². The van der Waals surface area contributed by atoms with Gasteiger partial charge in [-0.2, -0.15) is 0 Å². The van der Waals surface area contributed by atoms with Crippen LogP contribution in [0.1, 0.15) is 57.3 Å². The Morgan fingerprint density at radius 2 is 1.53 bits per heavy atom. The topological polar surface area (TPSA) is 62.7 Å². The van der Waals surface area contributed by atoms with E-state index < -0.39 is 0 Å². The van der Waals surface area contributed by atoms with Gasteiger partial charge < -0.3 is 9.84 Å². The number of Topliss-reactive ketones (excluding diaryl/α,β-unsaturated/α-hetero) is 1. The van der Waals surface area contributed by atoms with Crippen LogP contribution in [0, 0.1) is 11.8 Å². The first-order valence-corrected chi connectivity index (χ1v) is 11.1. The molecule has 1 aromatic carbocycles. The number of ketones is 1. The van der Waals surface area contributed by atoms with Crippen LogP contribution in [-0.2, 0) is 0 Å². The third-order valence-corrected chi connectivity index (χ3v) is 5.24. The lowest BCUT2D eigenvalue weighted by atomic mass is 10.0. The number of hydrogen-bond donors (Lipinski definition) is 1. The van der Waals surface area contributed by atoms with Crippen molar-refractivity contribution in [1.82, 2.24) is 9.88 Å². The van der Waals surface area contributed by atoms with Crippen molar-refractivity contribution in [3.8, 4) is 11.5 Å².